The number of rotatable bonds is 8. The van der Waals surface area contributed by atoms with Gasteiger partial charge in [-0.2, -0.15) is 0 Å². The van der Waals surface area contributed by atoms with E-state index in [9.17, 15) is 14.0 Å². The van der Waals surface area contributed by atoms with Crippen molar-refractivity contribution in [1.82, 2.24) is 15.3 Å². The predicted molar refractivity (Wildman–Crippen MR) is 115 cm³/mol. The van der Waals surface area contributed by atoms with Crippen LogP contribution in [0.3, 0.4) is 0 Å². The number of hydrogen-bond acceptors (Lipinski definition) is 6. The number of pyridine rings is 1. The average Bonchev–Trinajstić information content (AvgIpc) is 3.22. The SMILES string of the molecule is O=C(COCC(=O)Nc1ccc2nc(-c3ccc(F)cc3)oc2c1)NCc1cccnc1. The molecule has 0 aliphatic carbocycles. The fraction of sp³-hybridized carbons (Fsp3) is 0.130. The molecule has 162 valence electrons. The van der Waals surface area contributed by atoms with E-state index in [1.54, 1.807) is 48.8 Å². The zero-order chi connectivity index (χ0) is 22.3. The molecule has 32 heavy (non-hydrogen) atoms. The second-order valence-corrected chi connectivity index (χ2v) is 6.89. The molecule has 0 unspecified atom stereocenters. The van der Waals surface area contributed by atoms with Crippen LogP contribution in [0.1, 0.15) is 5.56 Å². The Balaban J connectivity index is 1.27. The number of anilines is 1. The average molecular weight is 434 g/mol. The van der Waals surface area contributed by atoms with Crippen molar-refractivity contribution in [3.05, 3.63) is 78.4 Å². The maximum Gasteiger partial charge on any atom is 0.250 e. The Kier molecular flexibility index (Phi) is 6.47. The van der Waals surface area contributed by atoms with Crippen molar-refractivity contribution in [3.8, 4) is 11.5 Å². The quantitative estimate of drug-likeness (QED) is 0.441. The molecule has 0 aliphatic heterocycles. The zero-order valence-electron chi connectivity index (χ0n) is 16.9. The first-order valence-electron chi connectivity index (χ1n) is 9.76. The number of ether oxygens (including phenoxy) is 1. The smallest absolute Gasteiger partial charge is 0.250 e. The summed E-state index contributed by atoms with van der Waals surface area (Å²) in [6.07, 6.45) is 3.31. The van der Waals surface area contributed by atoms with Gasteiger partial charge in [-0.25, -0.2) is 9.37 Å². The van der Waals surface area contributed by atoms with Crippen LogP contribution in [0, 0.1) is 5.82 Å². The maximum absolute atomic E-state index is 13.1. The van der Waals surface area contributed by atoms with Crippen LogP contribution in [-0.4, -0.2) is 35.0 Å². The van der Waals surface area contributed by atoms with E-state index in [1.165, 1.54) is 12.1 Å². The summed E-state index contributed by atoms with van der Waals surface area (Å²) in [5.74, 6) is -0.743. The highest BCUT2D eigenvalue weighted by atomic mass is 19.1. The molecule has 2 heterocycles. The fourth-order valence-electron chi connectivity index (χ4n) is 2.91. The molecule has 0 spiro atoms. The van der Waals surface area contributed by atoms with Crippen molar-refractivity contribution in [2.24, 2.45) is 0 Å². The second-order valence-electron chi connectivity index (χ2n) is 6.89. The highest BCUT2D eigenvalue weighted by Crippen LogP contribution is 2.26. The number of benzene rings is 2. The Morgan fingerprint density at radius 1 is 1.03 bits per heavy atom. The fourth-order valence-corrected chi connectivity index (χ4v) is 2.91. The Hall–Kier alpha value is -4.11. The van der Waals surface area contributed by atoms with Gasteiger partial charge in [-0.05, 0) is 48.0 Å². The molecule has 0 atom stereocenters. The molecule has 8 nitrogen and oxygen atoms in total. The Morgan fingerprint density at radius 3 is 2.62 bits per heavy atom. The summed E-state index contributed by atoms with van der Waals surface area (Å²) in [4.78, 5) is 32.3. The third-order valence-electron chi connectivity index (χ3n) is 4.44. The first kappa shape index (κ1) is 21.1. The van der Waals surface area contributed by atoms with E-state index in [1.807, 2.05) is 6.07 Å². The van der Waals surface area contributed by atoms with Gasteiger partial charge in [-0.1, -0.05) is 6.07 Å². The van der Waals surface area contributed by atoms with Gasteiger partial charge in [-0.15, -0.1) is 0 Å². The minimum atomic E-state index is -0.414. The summed E-state index contributed by atoms with van der Waals surface area (Å²) in [5.41, 5.74) is 3.07. The molecular weight excluding hydrogens is 415 g/mol. The standard InChI is InChI=1S/C23H19FN4O4/c24-17-5-3-16(4-6-17)23-28-19-8-7-18(10-20(19)32-23)27-22(30)14-31-13-21(29)26-12-15-2-1-9-25-11-15/h1-11H,12-14H2,(H,26,29)(H,27,30). The van der Waals surface area contributed by atoms with Crippen LogP contribution >= 0.6 is 0 Å². The molecule has 0 fully saturated rings. The van der Waals surface area contributed by atoms with E-state index in [2.05, 4.69) is 20.6 Å². The molecule has 0 saturated carbocycles. The van der Waals surface area contributed by atoms with Crippen LogP contribution in [0.15, 0.2) is 71.4 Å². The van der Waals surface area contributed by atoms with E-state index in [0.717, 1.165) is 5.56 Å². The number of nitrogens with zero attached hydrogens (tertiary/aromatic N) is 2. The van der Waals surface area contributed by atoms with Crippen molar-refractivity contribution in [2.45, 2.75) is 6.54 Å². The summed E-state index contributed by atoms with van der Waals surface area (Å²) in [7, 11) is 0. The maximum atomic E-state index is 13.1. The molecule has 2 amide bonds. The van der Waals surface area contributed by atoms with Gasteiger partial charge in [0.15, 0.2) is 5.58 Å². The van der Waals surface area contributed by atoms with Crippen molar-refractivity contribution in [1.29, 1.82) is 0 Å². The van der Waals surface area contributed by atoms with Crippen molar-refractivity contribution in [2.75, 3.05) is 18.5 Å². The van der Waals surface area contributed by atoms with Gasteiger partial charge in [0.2, 0.25) is 17.7 Å². The minimum Gasteiger partial charge on any atom is -0.436 e. The number of oxazole rings is 1. The summed E-state index contributed by atoms with van der Waals surface area (Å²) in [6.45, 7) is -0.190. The molecule has 0 saturated heterocycles. The molecule has 9 heteroatoms. The van der Waals surface area contributed by atoms with E-state index in [-0.39, 0.29) is 24.9 Å². The van der Waals surface area contributed by atoms with Crippen LogP contribution in [0.25, 0.3) is 22.6 Å². The molecule has 4 rings (SSSR count). The Labute approximate surface area is 182 Å². The largest absolute Gasteiger partial charge is 0.436 e. The molecule has 2 N–H and O–H groups in total. The lowest BCUT2D eigenvalue weighted by molar-refractivity contribution is -0.128. The Morgan fingerprint density at radius 2 is 1.84 bits per heavy atom. The van der Waals surface area contributed by atoms with Gasteiger partial charge in [-0.3, -0.25) is 14.6 Å². The lowest BCUT2D eigenvalue weighted by Gasteiger charge is -2.07. The second kappa shape index (κ2) is 9.80. The highest BCUT2D eigenvalue weighted by molar-refractivity contribution is 5.94. The number of amides is 2. The van der Waals surface area contributed by atoms with Crippen LogP contribution in [0.5, 0.6) is 0 Å². The highest BCUT2D eigenvalue weighted by Gasteiger charge is 2.11. The van der Waals surface area contributed by atoms with Crippen LogP contribution in [0.4, 0.5) is 10.1 Å². The van der Waals surface area contributed by atoms with E-state index in [4.69, 9.17) is 9.15 Å². The summed E-state index contributed by atoms with van der Waals surface area (Å²) < 4.78 is 24.0. The third-order valence-corrected chi connectivity index (χ3v) is 4.44. The van der Waals surface area contributed by atoms with Crippen molar-refractivity contribution >= 4 is 28.6 Å². The minimum absolute atomic E-state index is 0.240. The third kappa shape index (κ3) is 5.52. The molecule has 2 aromatic carbocycles. The Bertz CT molecular complexity index is 1230. The van der Waals surface area contributed by atoms with Crippen molar-refractivity contribution < 1.29 is 23.1 Å². The monoisotopic (exact) mass is 434 g/mol. The number of halogens is 1. The van der Waals surface area contributed by atoms with Gasteiger partial charge in [0.25, 0.3) is 0 Å². The summed E-state index contributed by atoms with van der Waals surface area (Å²) >= 11 is 0. The predicted octanol–water partition coefficient (Wildman–Crippen LogP) is 3.30. The first-order valence-corrected chi connectivity index (χ1v) is 9.76. The molecule has 4 aromatic rings. The van der Waals surface area contributed by atoms with E-state index >= 15 is 0 Å². The number of aromatic nitrogens is 2. The van der Waals surface area contributed by atoms with Crippen LogP contribution in [0.2, 0.25) is 0 Å². The zero-order valence-corrected chi connectivity index (χ0v) is 16.9. The van der Waals surface area contributed by atoms with Crippen LogP contribution in [-0.2, 0) is 20.9 Å². The first-order chi connectivity index (χ1) is 15.6. The number of carbonyl (C=O) groups excluding carboxylic acids is 2. The lowest BCUT2D eigenvalue weighted by Crippen LogP contribution is -2.29. The van der Waals surface area contributed by atoms with Crippen LogP contribution < -0.4 is 10.6 Å². The molecule has 0 aliphatic rings. The molecular formula is C23H19FN4O4. The number of nitrogens with one attached hydrogen (secondary N) is 2. The van der Waals surface area contributed by atoms with E-state index in [0.29, 0.717) is 34.8 Å². The van der Waals surface area contributed by atoms with Gasteiger partial charge in [0.1, 0.15) is 24.5 Å². The number of carbonyl (C=O) groups is 2. The van der Waals surface area contributed by atoms with Gasteiger partial charge >= 0.3 is 0 Å². The normalized spacial score (nSPS) is 10.8. The molecule has 2 aromatic heterocycles. The summed E-state index contributed by atoms with van der Waals surface area (Å²) in [5, 5.41) is 5.37. The number of fused-ring (bicyclic) bond motifs is 1. The van der Waals surface area contributed by atoms with E-state index < -0.39 is 5.91 Å². The lowest BCUT2D eigenvalue weighted by atomic mass is 10.2. The topological polar surface area (TPSA) is 106 Å². The van der Waals surface area contributed by atoms with Gasteiger partial charge in [0.05, 0.1) is 0 Å². The number of hydrogen-bond donors (Lipinski definition) is 2. The molecule has 0 radical (unpaired) electrons. The van der Waals surface area contributed by atoms with Gasteiger partial charge < -0.3 is 19.8 Å². The van der Waals surface area contributed by atoms with Crippen molar-refractivity contribution in [3.63, 3.8) is 0 Å². The van der Waals surface area contributed by atoms with Gasteiger partial charge in [0, 0.05) is 36.3 Å². The summed E-state index contributed by atoms with van der Waals surface area (Å²) in [6, 6.07) is 14.4. The molecule has 0 bridgehead atoms.